The Bertz CT molecular complexity index is 1010. The highest BCUT2D eigenvalue weighted by Crippen LogP contribution is 2.38. The molecule has 1 saturated heterocycles. The number of hydrogen-bond acceptors (Lipinski definition) is 5. The van der Waals surface area contributed by atoms with E-state index < -0.39 is 16.5 Å². The summed E-state index contributed by atoms with van der Waals surface area (Å²) in [5.74, 6) is 0.424. The molecule has 0 saturated carbocycles. The van der Waals surface area contributed by atoms with Gasteiger partial charge in [0.25, 0.3) is 0 Å². The van der Waals surface area contributed by atoms with Crippen LogP contribution < -0.4 is 0 Å². The van der Waals surface area contributed by atoms with E-state index in [4.69, 9.17) is 0 Å². The van der Waals surface area contributed by atoms with Gasteiger partial charge in [-0.15, -0.1) is 0 Å². The van der Waals surface area contributed by atoms with Crippen molar-refractivity contribution in [1.82, 2.24) is 19.9 Å². The van der Waals surface area contributed by atoms with E-state index in [1.165, 1.54) is 0 Å². The summed E-state index contributed by atoms with van der Waals surface area (Å²) >= 11 is -2.18. The summed E-state index contributed by atoms with van der Waals surface area (Å²) in [4.78, 5) is 13.7. The normalized spacial score (nSPS) is 23.7. The fourth-order valence-electron chi connectivity index (χ4n) is 3.85. The number of aromatic amines is 1. The van der Waals surface area contributed by atoms with Crippen LogP contribution in [-0.4, -0.2) is 47.1 Å². The Hall–Kier alpha value is -2.34. The molecular formula is C17H17N5O2S. The third-order valence-corrected chi connectivity index (χ3v) is 5.78. The Morgan fingerprint density at radius 3 is 3.04 bits per heavy atom. The molecule has 0 amide bonds. The second-order valence-corrected chi connectivity index (χ2v) is 7.46. The van der Waals surface area contributed by atoms with Gasteiger partial charge in [0.05, 0.1) is 17.8 Å². The van der Waals surface area contributed by atoms with E-state index in [9.17, 15) is 14.0 Å². The summed E-state index contributed by atoms with van der Waals surface area (Å²) in [5.41, 5.74) is 2.80. The quantitative estimate of drug-likeness (QED) is 0.698. The van der Waals surface area contributed by atoms with Crippen molar-refractivity contribution in [1.29, 1.82) is 5.26 Å². The number of aromatic nitrogens is 3. The molecule has 0 bridgehead atoms. The summed E-state index contributed by atoms with van der Waals surface area (Å²) in [5, 5.41) is 10.3. The Labute approximate surface area is 147 Å². The van der Waals surface area contributed by atoms with Crippen molar-refractivity contribution in [3.05, 3.63) is 36.3 Å². The average molecular weight is 355 g/mol. The Balaban J connectivity index is 1.81. The first-order valence-electron chi connectivity index (χ1n) is 8.04. The molecule has 1 fully saturated rings. The summed E-state index contributed by atoms with van der Waals surface area (Å²) < 4.78 is 20.8. The summed E-state index contributed by atoms with van der Waals surface area (Å²) in [6.45, 7) is 3.30. The number of nitriles is 1. The Morgan fingerprint density at radius 1 is 1.44 bits per heavy atom. The molecule has 128 valence electrons. The van der Waals surface area contributed by atoms with E-state index >= 15 is 0 Å². The van der Waals surface area contributed by atoms with Gasteiger partial charge in [0.15, 0.2) is 22.1 Å². The smallest absolute Gasteiger partial charge is 0.200 e. The minimum atomic E-state index is -2.18. The predicted octanol–water partition coefficient (Wildman–Crippen LogP) is 2.22. The fourth-order valence-corrected chi connectivity index (χ4v) is 4.37. The number of fused-ring (bicyclic) bond motifs is 3. The van der Waals surface area contributed by atoms with Crippen molar-refractivity contribution in [3.63, 3.8) is 0 Å². The van der Waals surface area contributed by atoms with Gasteiger partial charge in [-0.2, -0.15) is 5.26 Å². The van der Waals surface area contributed by atoms with E-state index in [-0.39, 0.29) is 11.8 Å². The highest BCUT2D eigenvalue weighted by atomic mass is 32.2. The zero-order chi connectivity index (χ0) is 17.6. The van der Waals surface area contributed by atoms with Crippen molar-refractivity contribution in [2.75, 3.05) is 13.1 Å². The van der Waals surface area contributed by atoms with E-state index in [0.717, 1.165) is 21.9 Å². The first-order valence-corrected chi connectivity index (χ1v) is 9.21. The molecule has 0 spiro atoms. The molecule has 7 nitrogen and oxygen atoms in total. The molecule has 0 radical (unpaired) electrons. The van der Waals surface area contributed by atoms with Crippen LogP contribution >= 0.6 is 0 Å². The van der Waals surface area contributed by atoms with Crippen LogP contribution in [0.25, 0.3) is 21.9 Å². The van der Waals surface area contributed by atoms with Crippen LogP contribution in [0.3, 0.4) is 0 Å². The van der Waals surface area contributed by atoms with Gasteiger partial charge in [-0.05, 0) is 23.6 Å². The second kappa shape index (κ2) is 6.19. The molecule has 4 atom stereocenters. The third-order valence-electron chi connectivity index (χ3n) is 5.00. The number of nitrogens with one attached hydrogen (secondary N) is 1. The van der Waals surface area contributed by atoms with Gasteiger partial charge in [0.1, 0.15) is 0 Å². The molecule has 4 rings (SSSR count). The summed E-state index contributed by atoms with van der Waals surface area (Å²) in [6, 6.07) is 5.96. The summed E-state index contributed by atoms with van der Waals surface area (Å²) in [6.07, 6.45) is 5.42. The van der Waals surface area contributed by atoms with Crippen molar-refractivity contribution in [2.45, 2.75) is 18.2 Å². The largest absolute Gasteiger partial charge is 0.360 e. The van der Waals surface area contributed by atoms with Gasteiger partial charge in [0, 0.05) is 42.2 Å². The molecule has 1 aliphatic rings. The highest BCUT2D eigenvalue weighted by molar-refractivity contribution is 7.80. The summed E-state index contributed by atoms with van der Waals surface area (Å²) in [7, 11) is 0. The molecule has 8 heteroatoms. The number of likely N-dealkylation sites (tertiary alicyclic amines) is 1. The molecule has 4 unspecified atom stereocenters. The maximum Gasteiger partial charge on any atom is 0.200 e. The SMILES string of the molecule is CC1CN(C(C#N)S(=O)O)CC1c1cc[nH]c2cnc3nccc3c12. The van der Waals surface area contributed by atoms with Gasteiger partial charge in [0.2, 0.25) is 0 Å². The van der Waals surface area contributed by atoms with Crippen molar-refractivity contribution in [2.24, 2.45) is 5.92 Å². The first kappa shape index (κ1) is 16.1. The number of hydrogen-bond donors (Lipinski definition) is 2. The van der Waals surface area contributed by atoms with Gasteiger partial charge in [-0.25, -0.2) is 14.2 Å². The zero-order valence-corrected chi connectivity index (χ0v) is 14.4. The fraction of sp³-hybridized carbons (Fsp3) is 0.353. The Kier molecular flexibility index (Phi) is 4.00. The minimum Gasteiger partial charge on any atom is -0.360 e. The third kappa shape index (κ3) is 2.61. The molecule has 0 aromatic carbocycles. The van der Waals surface area contributed by atoms with E-state index in [0.29, 0.717) is 18.7 Å². The van der Waals surface area contributed by atoms with Crippen molar-refractivity contribution < 1.29 is 8.76 Å². The highest BCUT2D eigenvalue weighted by Gasteiger charge is 2.37. The van der Waals surface area contributed by atoms with Crippen LogP contribution in [0.15, 0.2) is 30.7 Å². The lowest BCUT2D eigenvalue weighted by atomic mass is 9.88. The monoisotopic (exact) mass is 355 g/mol. The van der Waals surface area contributed by atoms with E-state index in [1.54, 1.807) is 17.3 Å². The molecule has 4 heterocycles. The lowest BCUT2D eigenvalue weighted by Crippen LogP contribution is -2.35. The van der Waals surface area contributed by atoms with Crippen molar-refractivity contribution in [3.8, 4) is 6.07 Å². The van der Waals surface area contributed by atoms with Crippen LogP contribution in [0.5, 0.6) is 0 Å². The van der Waals surface area contributed by atoms with Crippen LogP contribution in [0.4, 0.5) is 0 Å². The topological polar surface area (TPSA) is 106 Å². The average Bonchev–Trinajstić information content (AvgIpc) is 3.21. The first-order chi connectivity index (χ1) is 12.1. The molecule has 3 aromatic heterocycles. The molecular weight excluding hydrogens is 338 g/mol. The zero-order valence-electron chi connectivity index (χ0n) is 13.6. The van der Waals surface area contributed by atoms with Gasteiger partial charge < -0.3 is 9.54 Å². The van der Waals surface area contributed by atoms with Gasteiger partial charge in [-0.3, -0.25) is 4.90 Å². The standard InChI is InChI=1S/C17H17N5O2S/c1-10-8-22(15(6-18)25(23)24)9-13(10)11-2-4-19-14-7-21-17-12(16(11)14)3-5-20-17/h2-5,7,10,13,15,19H,8-9H2,1H3,(H,23,24). The second-order valence-electron chi connectivity index (χ2n) is 6.46. The minimum absolute atomic E-state index is 0.164. The predicted molar refractivity (Wildman–Crippen MR) is 95.0 cm³/mol. The maximum atomic E-state index is 11.4. The number of H-pyrrole nitrogens is 1. The maximum absolute atomic E-state index is 11.4. The molecule has 0 aliphatic carbocycles. The molecule has 25 heavy (non-hydrogen) atoms. The number of rotatable bonds is 3. The number of nitrogens with zero attached hydrogens (tertiary/aromatic N) is 4. The van der Waals surface area contributed by atoms with E-state index in [2.05, 4.69) is 27.9 Å². The van der Waals surface area contributed by atoms with Crippen LogP contribution in [-0.2, 0) is 11.1 Å². The van der Waals surface area contributed by atoms with Crippen LogP contribution in [0.2, 0.25) is 0 Å². The lowest BCUT2D eigenvalue weighted by Gasteiger charge is -2.19. The lowest BCUT2D eigenvalue weighted by molar-refractivity contribution is 0.328. The molecule has 2 N–H and O–H groups in total. The Morgan fingerprint density at radius 2 is 2.28 bits per heavy atom. The van der Waals surface area contributed by atoms with Crippen molar-refractivity contribution >= 4 is 33.0 Å². The van der Waals surface area contributed by atoms with Crippen LogP contribution in [0.1, 0.15) is 18.4 Å². The van der Waals surface area contributed by atoms with Crippen LogP contribution in [0, 0.1) is 17.2 Å². The van der Waals surface area contributed by atoms with Gasteiger partial charge >= 0.3 is 0 Å². The van der Waals surface area contributed by atoms with Gasteiger partial charge in [-0.1, -0.05) is 6.92 Å². The van der Waals surface area contributed by atoms with E-state index in [1.807, 2.05) is 18.3 Å². The molecule has 1 aliphatic heterocycles. The number of pyridine rings is 2. The molecule has 3 aromatic rings.